The minimum absolute atomic E-state index is 0.253. The smallest absolute Gasteiger partial charge is 0.150 e. The predicted octanol–water partition coefficient (Wildman–Crippen LogP) is 6.63. The quantitative estimate of drug-likeness (QED) is 0.301. The molecule has 5 rings (SSSR count). The molecule has 0 spiro atoms. The van der Waals surface area contributed by atoms with Gasteiger partial charge in [0.15, 0.2) is 0 Å². The molecule has 0 aromatic heterocycles. The molecule has 2 aliphatic rings. The number of hydrogen-bond donors (Lipinski definition) is 0. The molecule has 1 fully saturated rings. The maximum Gasteiger partial charge on any atom is 0.150 e. The van der Waals surface area contributed by atoms with Crippen LogP contribution >= 0.6 is 0 Å². The monoisotopic (exact) mass is 513 g/mol. The molecule has 0 N–H and O–H groups in total. The molecule has 2 aliphatic heterocycles. The lowest BCUT2D eigenvalue weighted by Crippen LogP contribution is -2.50. The molecule has 3 aromatic carbocycles. The van der Waals surface area contributed by atoms with Crippen molar-refractivity contribution in [3.05, 3.63) is 88.0 Å². The molecule has 0 bridgehead atoms. The highest BCUT2D eigenvalue weighted by Gasteiger charge is 2.39. The summed E-state index contributed by atoms with van der Waals surface area (Å²) in [4.78, 5) is 13.5. The molecule has 2 heterocycles. The Morgan fingerprint density at radius 3 is 2.50 bits per heavy atom. The van der Waals surface area contributed by atoms with Crippen LogP contribution in [-0.2, 0) is 13.0 Å². The normalized spacial score (nSPS) is 21.0. The van der Waals surface area contributed by atoms with Gasteiger partial charge in [0, 0.05) is 23.7 Å². The van der Waals surface area contributed by atoms with Gasteiger partial charge in [0.25, 0.3) is 0 Å². The van der Waals surface area contributed by atoms with E-state index in [2.05, 4.69) is 44.7 Å². The van der Waals surface area contributed by atoms with Crippen LogP contribution in [0.15, 0.2) is 54.6 Å². The largest absolute Gasteiger partial charge is 0.492 e. The van der Waals surface area contributed by atoms with E-state index in [1.807, 2.05) is 30.3 Å². The van der Waals surface area contributed by atoms with E-state index < -0.39 is 0 Å². The van der Waals surface area contributed by atoms with Gasteiger partial charge < -0.3 is 14.2 Å². The molecule has 3 aromatic rings. The van der Waals surface area contributed by atoms with Crippen LogP contribution in [0.3, 0.4) is 0 Å². The van der Waals surface area contributed by atoms with Gasteiger partial charge in [-0.25, -0.2) is 0 Å². The fourth-order valence-electron chi connectivity index (χ4n) is 5.90. The first-order chi connectivity index (χ1) is 18.4. The summed E-state index contributed by atoms with van der Waals surface area (Å²) in [6.07, 6.45) is 5.11. The van der Waals surface area contributed by atoms with Crippen LogP contribution in [0.1, 0.15) is 64.4 Å². The topological polar surface area (TPSA) is 48.0 Å². The number of ether oxygens (including phenoxy) is 3. The second kappa shape index (κ2) is 11.2. The van der Waals surface area contributed by atoms with Gasteiger partial charge in [0.05, 0.1) is 0 Å². The Bertz CT molecular complexity index is 1270. The molecular formula is C33H39NO4. The van der Waals surface area contributed by atoms with Crippen molar-refractivity contribution in [2.24, 2.45) is 0 Å². The highest BCUT2D eigenvalue weighted by Crippen LogP contribution is 2.44. The summed E-state index contributed by atoms with van der Waals surface area (Å²) in [7, 11) is 0. The van der Waals surface area contributed by atoms with Crippen molar-refractivity contribution in [2.75, 3.05) is 19.7 Å². The van der Waals surface area contributed by atoms with Gasteiger partial charge >= 0.3 is 0 Å². The van der Waals surface area contributed by atoms with Crippen molar-refractivity contribution in [1.29, 1.82) is 0 Å². The molecule has 5 nitrogen and oxygen atoms in total. The number of rotatable bonds is 9. The van der Waals surface area contributed by atoms with Crippen molar-refractivity contribution in [3.8, 4) is 17.2 Å². The zero-order valence-corrected chi connectivity index (χ0v) is 23.1. The molecule has 1 saturated heterocycles. The number of nitrogens with zero attached hydrogens (tertiary/aromatic N) is 1. The highest BCUT2D eigenvalue weighted by molar-refractivity contribution is 5.74. The summed E-state index contributed by atoms with van der Waals surface area (Å²) < 4.78 is 19.3. The van der Waals surface area contributed by atoms with Gasteiger partial charge in [0.2, 0.25) is 0 Å². The zero-order chi connectivity index (χ0) is 26.7. The second-order valence-corrected chi connectivity index (χ2v) is 11.1. The Labute approximate surface area is 226 Å². The third-order valence-electron chi connectivity index (χ3n) is 8.28. The Kier molecular flexibility index (Phi) is 7.75. The van der Waals surface area contributed by atoms with Crippen LogP contribution in [0, 0.1) is 20.8 Å². The molecule has 0 amide bonds. The standard InChI is InChI=1S/C33H39NO4/c1-23-24(2)32-30(25(3)31(23)37-20-27-9-6-5-7-10-27)16-17-33(4,38-32)22-34-18-8-11-28(34)21-36-29-14-12-26(19-35)13-15-29/h5-7,9-10,12-15,19,28H,8,11,16-18,20-22H2,1-4H3/t28-,33?/m0/s1. The summed E-state index contributed by atoms with van der Waals surface area (Å²) in [6, 6.07) is 18.0. The minimum Gasteiger partial charge on any atom is -0.492 e. The lowest BCUT2D eigenvalue weighted by atomic mass is 9.86. The van der Waals surface area contributed by atoms with E-state index >= 15 is 0 Å². The molecule has 38 heavy (non-hydrogen) atoms. The van der Waals surface area contributed by atoms with E-state index in [1.165, 1.54) is 28.7 Å². The first-order valence-corrected chi connectivity index (χ1v) is 13.8. The first-order valence-electron chi connectivity index (χ1n) is 13.8. The number of aldehydes is 1. The average molecular weight is 514 g/mol. The van der Waals surface area contributed by atoms with Gasteiger partial charge in [0.1, 0.15) is 42.3 Å². The third-order valence-corrected chi connectivity index (χ3v) is 8.28. The average Bonchev–Trinajstić information content (AvgIpc) is 3.37. The first kappa shape index (κ1) is 26.3. The van der Waals surface area contributed by atoms with Crippen molar-refractivity contribution in [3.63, 3.8) is 0 Å². The highest BCUT2D eigenvalue weighted by atomic mass is 16.5. The number of fused-ring (bicyclic) bond motifs is 1. The van der Waals surface area contributed by atoms with Gasteiger partial charge in [-0.05, 0) is 106 Å². The van der Waals surface area contributed by atoms with Crippen LogP contribution < -0.4 is 14.2 Å². The van der Waals surface area contributed by atoms with Crippen molar-refractivity contribution in [2.45, 2.75) is 71.6 Å². The summed E-state index contributed by atoms with van der Waals surface area (Å²) in [6.45, 7) is 11.9. The molecule has 5 heteroatoms. The molecular weight excluding hydrogens is 474 g/mol. The zero-order valence-electron chi connectivity index (χ0n) is 23.1. The van der Waals surface area contributed by atoms with Crippen LogP contribution in [0.25, 0.3) is 0 Å². The Morgan fingerprint density at radius 2 is 1.76 bits per heavy atom. The summed E-state index contributed by atoms with van der Waals surface area (Å²) >= 11 is 0. The Morgan fingerprint density at radius 1 is 1.00 bits per heavy atom. The predicted molar refractivity (Wildman–Crippen MR) is 151 cm³/mol. The molecule has 2 atom stereocenters. The molecule has 200 valence electrons. The Hall–Kier alpha value is -3.31. The number of carbonyl (C=O) groups is 1. The van der Waals surface area contributed by atoms with Gasteiger partial charge in [-0.2, -0.15) is 0 Å². The summed E-state index contributed by atoms with van der Waals surface area (Å²) in [5, 5.41) is 0. The van der Waals surface area contributed by atoms with E-state index in [4.69, 9.17) is 14.2 Å². The van der Waals surface area contributed by atoms with Crippen LogP contribution in [0.4, 0.5) is 0 Å². The fraction of sp³-hybridized carbons (Fsp3) is 0.424. The number of carbonyl (C=O) groups excluding carboxylic acids is 1. The minimum atomic E-state index is -0.253. The van der Waals surface area contributed by atoms with Gasteiger partial charge in [-0.15, -0.1) is 0 Å². The molecule has 0 radical (unpaired) electrons. The number of likely N-dealkylation sites (tertiary alicyclic amines) is 1. The van der Waals surface area contributed by atoms with Gasteiger partial charge in [-0.1, -0.05) is 30.3 Å². The summed E-state index contributed by atoms with van der Waals surface area (Å²) in [5.41, 5.74) is 6.42. The van der Waals surface area contributed by atoms with E-state index in [1.54, 1.807) is 12.1 Å². The van der Waals surface area contributed by atoms with Crippen molar-refractivity contribution < 1.29 is 19.0 Å². The van der Waals surface area contributed by atoms with Gasteiger partial charge in [-0.3, -0.25) is 9.69 Å². The van der Waals surface area contributed by atoms with E-state index in [-0.39, 0.29) is 5.60 Å². The molecule has 1 unspecified atom stereocenters. The SMILES string of the molecule is Cc1c(C)c2c(c(C)c1OCc1ccccc1)CCC(C)(CN1CCC[C@H]1COc1ccc(C=O)cc1)O2. The molecule has 0 saturated carbocycles. The maximum atomic E-state index is 10.9. The van der Waals surface area contributed by atoms with E-state index in [9.17, 15) is 4.79 Å². The number of hydrogen-bond acceptors (Lipinski definition) is 5. The van der Waals surface area contributed by atoms with Crippen molar-refractivity contribution >= 4 is 6.29 Å². The van der Waals surface area contributed by atoms with Crippen LogP contribution in [0.5, 0.6) is 17.2 Å². The van der Waals surface area contributed by atoms with E-state index in [0.29, 0.717) is 24.8 Å². The maximum absolute atomic E-state index is 10.9. The van der Waals surface area contributed by atoms with Crippen LogP contribution in [0.2, 0.25) is 0 Å². The Balaban J connectivity index is 1.26. The molecule has 0 aliphatic carbocycles. The lowest BCUT2D eigenvalue weighted by molar-refractivity contribution is 0.0146. The van der Waals surface area contributed by atoms with Crippen LogP contribution in [-0.4, -0.2) is 42.5 Å². The lowest BCUT2D eigenvalue weighted by Gasteiger charge is -2.41. The number of benzene rings is 3. The second-order valence-electron chi connectivity index (χ2n) is 11.1. The summed E-state index contributed by atoms with van der Waals surface area (Å²) in [5.74, 6) is 2.85. The third kappa shape index (κ3) is 5.58. The van der Waals surface area contributed by atoms with E-state index in [0.717, 1.165) is 61.5 Å². The fourth-order valence-corrected chi connectivity index (χ4v) is 5.90. The van der Waals surface area contributed by atoms with Crippen molar-refractivity contribution in [1.82, 2.24) is 4.90 Å².